The van der Waals surface area contributed by atoms with E-state index >= 15 is 0 Å². The van der Waals surface area contributed by atoms with Gasteiger partial charge < -0.3 is 4.90 Å². The molecule has 0 aromatic heterocycles. The van der Waals surface area contributed by atoms with Gasteiger partial charge in [-0.15, -0.1) is 0 Å². The first-order valence-corrected chi connectivity index (χ1v) is 7.81. The van der Waals surface area contributed by atoms with Gasteiger partial charge in [0.25, 0.3) is 0 Å². The minimum absolute atomic E-state index is 0.0892. The highest BCUT2D eigenvalue weighted by molar-refractivity contribution is 7.92. The van der Waals surface area contributed by atoms with E-state index in [0.717, 1.165) is 12.1 Å². The summed E-state index contributed by atoms with van der Waals surface area (Å²) in [6, 6.07) is 2.60. The second-order valence-electron chi connectivity index (χ2n) is 4.83. The maximum absolute atomic E-state index is 13.2. The highest BCUT2D eigenvalue weighted by atomic mass is 32.2. The number of carbonyl (C=O) groups excluding carboxylic acids is 1. The van der Waals surface area contributed by atoms with Gasteiger partial charge in [0, 0.05) is 20.0 Å². The smallest absolute Gasteiger partial charge is 0.219 e. The summed E-state index contributed by atoms with van der Waals surface area (Å²) >= 11 is 0. The van der Waals surface area contributed by atoms with Crippen molar-refractivity contribution in [2.24, 2.45) is 0 Å². The number of hydrogen-bond acceptors (Lipinski definition) is 3. The van der Waals surface area contributed by atoms with Crippen molar-refractivity contribution in [2.75, 3.05) is 13.1 Å². The Kier molecular flexibility index (Phi) is 4.08. The van der Waals surface area contributed by atoms with Gasteiger partial charge in [-0.05, 0) is 31.0 Å². The Morgan fingerprint density at radius 2 is 1.80 bits per heavy atom. The zero-order valence-electron chi connectivity index (χ0n) is 11.0. The molecule has 0 atom stereocenters. The minimum Gasteiger partial charge on any atom is -0.343 e. The van der Waals surface area contributed by atoms with Crippen molar-refractivity contribution in [3.63, 3.8) is 0 Å². The first-order valence-electron chi connectivity index (χ1n) is 6.27. The molecular formula is C13H15F2NO3S. The molecule has 1 saturated heterocycles. The molecule has 0 bridgehead atoms. The number of rotatable bonds is 2. The minimum atomic E-state index is -3.70. The predicted octanol–water partition coefficient (Wildman–Crippen LogP) is 1.75. The van der Waals surface area contributed by atoms with Gasteiger partial charge in [-0.1, -0.05) is 0 Å². The molecule has 1 aliphatic heterocycles. The van der Waals surface area contributed by atoms with Crippen molar-refractivity contribution in [1.82, 2.24) is 4.90 Å². The van der Waals surface area contributed by atoms with Gasteiger partial charge in [-0.2, -0.15) is 0 Å². The zero-order valence-corrected chi connectivity index (χ0v) is 11.8. The fraction of sp³-hybridized carbons (Fsp3) is 0.462. The molecular weight excluding hydrogens is 288 g/mol. The largest absolute Gasteiger partial charge is 0.343 e. The lowest BCUT2D eigenvalue weighted by molar-refractivity contribution is -0.129. The van der Waals surface area contributed by atoms with E-state index in [9.17, 15) is 22.0 Å². The lowest BCUT2D eigenvalue weighted by atomic mass is 10.1. The maximum Gasteiger partial charge on any atom is 0.219 e. The van der Waals surface area contributed by atoms with Crippen molar-refractivity contribution in [3.8, 4) is 0 Å². The molecule has 0 spiro atoms. The van der Waals surface area contributed by atoms with E-state index in [1.807, 2.05) is 0 Å². The lowest BCUT2D eigenvalue weighted by Crippen LogP contribution is -2.41. The Morgan fingerprint density at radius 1 is 1.20 bits per heavy atom. The summed E-state index contributed by atoms with van der Waals surface area (Å²) in [7, 11) is -3.70. The number of likely N-dealkylation sites (tertiary alicyclic amines) is 1. The Bertz CT molecular complexity index is 623. The van der Waals surface area contributed by atoms with Gasteiger partial charge in [0.15, 0.2) is 21.5 Å². The average molecular weight is 303 g/mol. The lowest BCUT2D eigenvalue weighted by Gasteiger charge is -2.31. The molecule has 1 aromatic rings. The highest BCUT2D eigenvalue weighted by Gasteiger charge is 2.32. The molecule has 110 valence electrons. The van der Waals surface area contributed by atoms with E-state index in [1.54, 1.807) is 4.90 Å². The summed E-state index contributed by atoms with van der Waals surface area (Å²) in [5.41, 5.74) is 0. The molecule has 2 rings (SSSR count). The van der Waals surface area contributed by atoms with Crippen LogP contribution in [0.3, 0.4) is 0 Å². The van der Waals surface area contributed by atoms with Crippen LogP contribution in [0.5, 0.6) is 0 Å². The maximum atomic E-state index is 13.2. The van der Waals surface area contributed by atoms with Crippen molar-refractivity contribution < 1.29 is 22.0 Å². The molecule has 1 heterocycles. The zero-order chi connectivity index (χ0) is 14.9. The van der Waals surface area contributed by atoms with Crippen molar-refractivity contribution in [3.05, 3.63) is 29.8 Å². The van der Waals surface area contributed by atoms with Gasteiger partial charge in [0.1, 0.15) is 0 Å². The van der Waals surface area contributed by atoms with E-state index in [2.05, 4.69) is 0 Å². The fourth-order valence-corrected chi connectivity index (χ4v) is 4.07. The monoisotopic (exact) mass is 303 g/mol. The number of benzene rings is 1. The number of amides is 1. The summed E-state index contributed by atoms with van der Waals surface area (Å²) in [5, 5.41) is -0.664. The third kappa shape index (κ3) is 2.82. The molecule has 1 fully saturated rings. The SMILES string of the molecule is CC(=O)N1CCC(S(=O)(=O)c2ccc(F)c(F)c2)CC1. The summed E-state index contributed by atoms with van der Waals surface area (Å²) in [6.45, 7) is 2.16. The summed E-state index contributed by atoms with van der Waals surface area (Å²) in [5.74, 6) is -2.34. The molecule has 0 saturated carbocycles. The van der Waals surface area contributed by atoms with Crippen LogP contribution in [0, 0.1) is 11.6 Å². The van der Waals surface area contributed by atoms with Crippen LogP contribution in [0.4, 0.5) is 8.78 Å². The summed E-state index contributed by atoms with van der Waals surface area (Å²) in [6.07, 6.45) is 0.613. The van der Waals surface area contributed by atoms with Gasteiger partial charge in [-0.25, -0.2) is 17.2 Å². The molecule has 4 nitrogen and oxygen atoms in total. The van der Waals surface area contributed by atoms with E-state index in [0.29, 0.717) is 32.0 Å². The van der Waals surface area contributed by atoms with Crippen molar-refractivity contribution >= 4 is 15.7 Å². The van der Waals surface area contributed by atoms with E-state index in [1.165, 1.54) is 6.92 Å². The van der Waals surface area contributed by atoms with E-state index < -0.39 is 26.7 Å². The van der Waals surface area contributed by atoms with Crippen LogP contribution < -0.4 is 0 Å². The summed E-state index contributed by atoms with van der Waals surface area (Å²) < 4.78 is 50.7. The molecule has 0 unspecified atom stereocenters. The molecule has 0 aliphatic carbocycles. The summed E-state index contributed by atoms with van der Waals surface area (Å²) in [4.78, 5) is 12.6. The Balaban J connectivity index is 2.19. The average Bonchev–Trinajstić information content (AvgIpc) is 2.41. The van der Waals surface area contributed by atoms with Gasteiger partial charge in [-0.3, -0.25) is 4.79 Å². The van der Waals surface area contributed by atoms with E-state index in [-0.39, 0.29) is 10.8 Å². The second kappa shape index (κ2) is 5.47. The van der Waals surface area contributed by atoms with Crippen LogP contribution in [-0.2, 0) is 14.6 Å². The second-order valence-corrected chi connectivity index (χ2v) is 7.05. The van der Waals surface area contributed by atoms with Gasteiger partial charge >= 0.3 is 0 Å². The molecule has 0 N–H and O–H groups in total. The molecule has 20 heavy (non-hydrogen) atoms. The molecule has 7 heteroatoms. The van der Waals surface area contributed by atoms with Gasteiger partial charge in [0.05, 0.1) is 10.1 Å². The molecule has 1 amide bonds. The van der Waals surface area contributed by atoms with Gasteiger partial charge in [0.2, 0.25) is 5.91 Å². The Labute approximate surface area is 116 Å². The van der Waals surface area contributed by atoms with Crippen LogP contribution in [0.25, 0.3) is 0 Å². The van der Waals surface area contributed by atoms with Crippen LogP contribution in [0.15, 0.2) is 23.1 Å². The molecule has 1 aromatic carbocycles. The van der Waals surface area contributed by atoms with Crippen molar-refractivity contribution in [1.29, 1.82) is 0 Å². The van der Waals surface area contributed by atoms with Crippen molar-refractivity contribution in [2.45, 2.75) is 29.9 Å². The quantitative estimate of drug-likeness (QED) is 0.782. The highest BCUT2D eigenvalue weighted by Crippen LogP contribution is 2.25. The number of carbonyl (C=O) groups is 1. The number of hydrogen-bond donors (Lipinski definition) is 0. The normalized spacial score (nSPS) is 17.2. The van der Waals surface area contributed by atoms with Crippen LogP contribution in [0.2, 0.25) is 0 Å². The standard InChI is InChI=1S/C13H15F2NO3S/c1-9(17)16-6-4-10(5-7-16)20(18,19)11-2-3-12(14)13(15)8-11/h2-3,8,10H,4-7H2,1H3. The van der Waals surface area contributed by atoms with Crippen LogP contribution in [-0.4, -0.2) is 37.6 Å². The Morgan fingerprint density at radius 3 is 2.30 bits per heavy atom. The molecule has 1 aliphatic rings. The predicted molar refractivity (Wildman–Crippen MR) is 68.8 cm³/mol. The molecule has 0 radical (unpaired) electrons. The number of nitrogens with zero attached hydrogens (tertiary/aromatic N) is 1. The number of piperidine rings is 1. The first kappa shape index (κ1) is 14.9. The third-order valence-electron chi connectivity index (χ3n) is 3.55. The fourth-order valence-electron chi connectivity index (χ4n) is 2.33. The van der Waals surface area contributed by atoms with E-state index in [4.69, 9.17) is 0 Å². The van der Waals surface area contributed by atoms with Crippen LogP contribution in [0.1, 0.15) is 19.8 Å². The Hall–Kier alpha value is -1.50. The third-order valence-corrected chi connectivity index (χ3v) is 5.81. The topological polar surface area (TPSA) is 54.5 Å². The number of halogens is 2. The van der Waals surface area contributed by atoms with Crippen LogP contribution >= 0.6 is 0 Å². The number of sulfone groups is 1. The first-order chi connectivity index (χ1) is 9.32.